The smallest absolute Gasteiger partial charge is 0.435 e. The third kappa shape index (κ3) is 5.23. The highest BCUT2D eigenvalue weighted by molar-refractivity contribution is 6.30. The molecule has 1 aromatic rings. The molecule has 0 saturated carbocycles. The van der Waals surface area contributed by atoms with Gasteiger partial charge in [-0.3, -0.25) is 5.32 Å². The van der Waals surface area contributed by atoms with E-state index < -0.39 is 17.9 Å². The van der Waals surface area contributed by atoms with Gasteiger partial charge in [-0.25, -0.2) is 14.0 Å². The molecule has 0 aromatic heterocycles. The fourth-order valence-corrected chi connectivity index (χ4v) is 1.39. The number of benzene rings is 1. The van der Waals surface area contributed by atoms with E-state index in [2.05, 4.69) is 20.4 Å². The highest BCUT2D eigenvalue weighted by Gasteiger charge is 2.08. The molecule has 0 saturated heterocycles. The molecule has 3 amide bonds. The average molecular weight is 302 g/mol. The summed E-state index contributed by atoms with van der Waals surface area (Å²) in [6.07, 6.45) is -0.817. The third-order valence-corrected chi connectivity index (χ3v) is 2.24. The van der Waals surface area contributed by atoms with Crippen LogP contribution in [-0.2, 0) is 4.74 Å². The minimum absolute atomic E-state index is 0.0234. The number of nitrogens with one attached hydrogen (secondary N) is 2. The number of hydrogen-bond donors (Lipinski definition) is 2. The molecule has 6 nitrogen and oxygen atoms in total. The van der Waals surface area contributed by atoms with E-state index in [1.165, 1.54) is 19.1 Å². The Hall–Kier alpha value is -2.15. The van der Waals surface area contributed by atoms with Crippen LogP contribution in [0.5, 0.6) is 0 Å². The lowest BCUT2D eigenvalue weighted by Crippen LogP contribution is -2.33. The number of carbonyl (C=O) groups excluding carboxylic acids is 2. The minimum Gasteiger partial charge on any atom is -0.448 e. The minimum atomic E-state index is -0.817. The van der Waals surface area contributed by atoms with Crippen LogP contribution in [0.4, 0.5) is 19.7 Å². The van der Waals surface area contributed by atoms with Crippen molar-refractivity contribution in [2.75, 3.05) is 11.9 Å². The second-order valence-corrected chi connectivity index (χ2v) is 4.04. The molecule has 8 heteroatoms. The summed E-state index contributed by atoms with van der Waals surface area (Å²) in [6, 6.07) is 3.07. The van der Waals surface area contributed by atoms with Crippen molar-refractivity contribution >= 4 is 35.2 Å². The van der Waals surface area contributed by atoms with Gasteiger partial charge >= 0.3 is 12.1 Å². The van der Waals surface area contributed by atoms with Crippen LogP contribution in [0.2, 0.25) is 5.02 Å². The van der Waals surface area contributed by atoms with Gasteiger partial charge in [0.25, 0.3) is 0 Å². The second-order valence-electron chi connectivity index (χ2n) is 3.60. The number of urea groups is 1. The molecular formula is C12H13ClFN3O3. The molecule has 0 spiro atoms. The lowest BCUT2D eigenvalue weighted by molar-refractivity contribution is 0.163. The zero-order valence-electron chi connectivity index (χ0n) is 10.9. The van der Waals surface area contributed by atoms with Crippen LogP contribution in [-0.4, -0.2) is 24.6 Å². The number of carbonyl (C=O) groups is 2. The zero-order valence-corrected chi connectivity index (χ0v) is 11.6. The quantitative estimate of drug-likeness (QED) is 0.650. The summed E-state index contributed by atoms with van der Waals surface area (Å²) in [5.74, 6) is -0.650. The Balaban J connectivity index is 2.61. The van der Waals surface area contributed by atoms with Crippen LogP contribution in [0, 0.1) is 5.82 Å². The number of hydrogen-bond acceptors (Lipinski definition) is 3. The molecule has 0 radical (unpaired) electrons. The Bertz CT molecular complexity index is 549. The molecule has 20 heavy (non-hydrogen) atoms. The summed E-state index contributed by atoms with van der Waals surface area (Å²) in [7, 11) is 0. The summed E-state index contributed by atoms with van der Waals surface area (Å²) in [5.41, 5.74) is -0.0455. The van der Waals surface area contributed by atoms with E-state index in [1.54, 1.807) is 6.92 Å². The Kier molecular flexibility index (Phi) is 5.92. The van der Waals surface area contributed by atoms with E-state index in [-0.39, 0.29) is 23.2 Å². The van der Waals surface area contributed by atoms with E-state index in [1.807, 2.05) is 0 Å². The number of anilines is 1. The lowest BCUT2D eigenvalue weighted by Gasteiger charge is -2.08. The van der Waals surface area contributed by atoms with Gasteiger partial charge in [0.15, 0.2) is 0 Å². The van der Waals surface area contributed by atoms with Crippen LogP contribution in [0.15, 0.2) is 23.2 Å². The molecule has 0 aliphatic heterocycles. The van der Waals surface area contributed by atoms with E-state index in [4.69, 9.17) is 11.6 Å². The molecular weight excluding hydrogens is 289 g/mol. The van der Waals surface area contributed by atoms with Gasteiger partial charge in [-0.05, 0) is 32.0 Å². The second kappa shape index (κ2) is 7.44. The van der Waals surface area contributed by atoms with Gasteiger partial charge in [0, 0.05) is 5.02 Å². The first kappa shape index (κ1) is 15.9. The fourth-order valence-electron chi connectivity index (χ4n) is 1.23. The number of halogens is 2. The number of amidine groups is 1. The number of rotatable bonds is 2. The van der Waals surface area contributed by atoms with Crippen molar-refractivity contribution < 1.29 is 18.7 Å². The first-order valence-electron chi connectivity index (χ1n) is 5.67. The van der Waals surface area contributed by atoms with E-state index in [9.17, 15) is 14.0 Å². The number of amides is 3. The van der Waals surface area contributed by atoms with Crippen molar-refractivity contribution in [2.24, 2.45) is 4.99 Å². The van der Waals surface area contributed by atoms with Gasteiger partial charge in [-0.2, -0.15) is 4.99 Å². The molecule has 0 fully saturated rings. The normalized spacial score (nSPS) is 10.9. The lowest BCUT2D eigenvalue weighted by atomic mass is 10.3. The predicted molar refractivity (Wildman–Crippen MR) is 73.7 cm³/mol. The maximum Gasteiger partial charge on any atom is 0.435 e. The molecule has 0 bridgehead atoms. The van der Waals surface area contributed by atoms with Crippen LogP contribution in [0.1, 0.15) is 13.8 Å². The SMILES string of the molecule is CCOC(=O)/N=C(\C)NC(=O)Nc1ccc(Cl)cc1F. The van der Waals surface area contributed by atoms with Gasteiger partial charge in [-0.15, -0.1) is 0 Å². The molecule has 1 rings (SSSR count). The molecule has 1 aromatic carbocycles. The van der Waals surface area contributed by atoms with Gasteiger partial charge in [0.2, 0.25) is 0 Å². The molecule has 108 valence electrons. The van der Waals surface area contributed by atoms with Crippen molar-refractivity contribution in [3.8, 4) is 0 Å². The Labute approximate surface area is 120 Å². The van der Waals surface area contributed by atoms with Crippen molar-refractivity contribution in [3.05, 3.63) is 29.0 Å². The summed E-state index contributed by atoms with van der Waals surface area (Å²) in [6.45, 7) is 3.21. The topological polar surface area (TPSA) is 79.8 Å². The zero-order chi connectivity index (χ0) is 15.1. The monoisotopic (exact) mass is 301 g/mol. The largest absolute Gasteiger partial charge is 0.448 e. The highest BCUT2D eigenvalue weighted by Crippen LogP contribution is 2.18. The summed E-state index contributed by atoms with van der Waals surface area (Å²) < 4.78 is 18.0. The number of aliphatic imine (C=N–C) groups is 1. The third-order valence-electron chi connectivity index (χ3n) is 2.00. The maximum atomic E-state index is 13.4. The molecule has 0 aliphatic carbocycles. The van der Waals surface area contributed by atoms with Gasteiger partial charge in [-0.1, -0.05) is 11.6 Å². The molecule has 2 N–H and O–H groups in total. The summed E-state index contributed by atoms with van der Waals surface area (Å²) >= 11 is 5.59. The summed E-state index contributed by atoms with van der Waals surface area (Å²) in [4.78, 5) is 26.0. The maximum absolute atomic E-state index is 13.4. The fraction of sp³-hybridized carbons (Fsp3) is 0.250. The van der Waals surface area contributed by atoms with Gasteiger partial charge in [0.1, 0.15) is 11.7 Å². The van der Waals surface area contributed by atoms with Crippen LogP contribution in [0.3, 0.4) is 0 Å². The highest BCUT2D eigenvalue weighted by atomic mass is 35.5. The average Bonchev–Trinajstić information content (AvgIpc) is 2.32. The number of nitrogens with zero attached hydrogens (tertiary/aromatic N) is 1. The molecule has 0 unspecified atom stereocenters. The van der Waals surface area contributed by atoms with E-state index in [0.717, 1.165) is 6.07 Å². The molecule has 0 aliphatic rings. The van der Waals surface area contributed by atoms with Crippen molar-refractivity contribution in [1.82, 2.24) is 5.32 Å². The first-order chi connectivity index (χ1) is 9.42. The Morgan fingerprint density at radius 1 is 1.45 bits per heavy atom. The number of ether oxygens (including phenoxy) is 1. The van der Waals surface area contributed by atoms with Crippen LogP contribution in [0.25, 0.3) is 0 Å². The molecule has 0 heterocycles. The predicted octanol–water partition coefficient (Wildman–Crippen LogP) is 3.18. The Morgan fingerprint density at radius 2 is 2.15 bits per heavy atom. The van der Waals surface area contributed by atoms with E-state index >= 15 is 0 Å². The van der Waals surface area contributed by atoms with Gasteiger partial charge in [0.05, 0.1) is 12.3 Å². The summed E-state index contributed by atoms with van der Waals surface area (Å²) in [5, 5.41) is 4.73. The standard InChI is InChI=1S/C12H13ClFN3O3/c1-3-20-12(19)16-7(2)15-11(18)17-10-5-4-8(13)6-9(10)14/h4-6H,3H2,1-2H3,(H2,15,16,17,18,19). The van der Waals surface area contributed by atoms with Crippen molar-refractivity contribution in [1.29, 1.82) is 0 Å². The van der Waals surface area contributed by atoms with Crippen LogP contribution < -0.4 is 10.6 Å². The van der Waals surface area contributed by atoms with Crippen molar-refractivity contribution in [3.63, 3.8) is 0 Å². The van der Waals surface area contributed by atoms with Crippen LogP contribution >= 0.6 is 11.6 Å². The van der Waals surface area contributed by atoms with Crippen molar-refractivity contribution in [2.45, 2.75) is 13.8 Å². The first-order valence-corrected chi connectivity index (χ1v) is 6.05. The van der Waals surface area contributed by atoms with E-state index in [0.29, 0.717) is 0 Å². The van der Waals surface area contributed by atoms with Gasteiger partial charge < -0.3 is 10.1 Å². The molecule has 0 atom stereocenters. The Morgan fingerprint density at radius 3 is 2.75 bits per heavy atom.